The van der Waals surface area contributed by atoms with E-state index in [9.17, 15) is 9.90 Å². The number of ether oxygens (including phenoxy) is 1. The van der Waals surface area contributed by atoms with Crippen molar-refractivity contribution in [2.75, 3.05) is 0 Å². The summed E-state index contributed by atoms with van der Waals surface area (Å²) >= 11 is 12.4. The second-order valence-corrected chi connectivity index (χ2v) is 8.16. The van der Waals surface area contributed by atoms with Crippen molar-refractivity contribution in [1.82, 2.24) is 0 Å². The largest absolute Gasteiger partial charge is 0.508 e. The highest BCUT2D eigenvalue weighted by molar-refractivity contribution is 6.36. The normalized spacial score (nSPS) is 24.6. The first-order chi connectivity index (χ1) is 12.8. The Morgan fingerprint density at radius 1 is 1.19 bits per heavy atom. The molecular formula is C22H20Cl2O3. The summed E-state index contributed by atoms with van der Waals surface area (Å²) in [4.78, 5) is 12.9. The van der Waals surface area contributed by atoms with Crippen LogP contribution in [0.15, 0.2) is 42.2 Å². The van der Waals surface area contributed by atoms with Gasteiger partial charge in [0.2, 0.25) is 0 Å². The van der Waals surface area contributed by atoms with Crippen LogP contribution < -0.4 is 0 Å². The van der Waals surface area contributed by atoms with E-state index < -0.39 is 11.7 Å². The molecule has 2 heterocycles. The lowest BCUT2D eigenvalue weighted by Gasteiger charge is -2.31. The van der Waals surface area contributed by atoms with E-state index in [1.807, 2.05) is 38.1 Å². The fraction of sp³-hybridized carbons (Fsp3) is 0.318. The van der Waals surface area contributed by atoms with Crippen LogP contribution in [0, 0.1) is 0 Å². The number of halogens is 2. The second-order valence-electron chi connectivity index (χ2n) is 7.31. The highest BCUT2D eigenvalue weighted by Crippen LogP contribution is 2.45. The predicted octanol–water partition coefficient (Wildman–Crippen LogP) is 6.01. The highest BCUT2D eigenvalue weighted by Gasteiger charge is 2.50. The molecule has 0 radical (unpaired) electrons. The highest BCUT2D eigenvalue weighted by atomic mass is 35.5. The zero-order valence-electron chi connectivity index (χ0n) is 15.2. The molecule has 0 aliphatic carbocycles. The Balaban J connectivity index is 1.84. The number of hydrogen-bond donors (Lipinski definition) is 1. The number of aliphatic hydroxyl groups is 1. The summed E-state index contributed by atoms with van der Waals surface area (Å²) in [5.41, 5.74) is 3.22. The van der Waals surface area contributed by atoms with Gasteiger partial charge >= 0.3 is 0 Å². The number of ketones is 1. The van der Waals surface area contributed by atoms with E-state index in [4.69, 9.17) is 27.9 Å². The van der Waals surface area contributed by atoms with Gasteiger partial charge in [0.1, 0.15) is 17.5 Å². The van der Waals surface area contributed by atoms with Gasteiger partial charge in [-0.1, -0.05) is 54.4 Å². The van der Waals surface area contributed by atoms with Crippen molar-refractivity contribution in [3.8, 4) is 11.1 Å². The fourth-order valence-electron chi connectivity index (χ4n) is 4.02. The minimum Gasteiger partial charge on any atom is -0.508 e. The molecule has 0 spiro atoms. The number of aliphatic hydroxyl groups excluding tert-OH is 1. The van der Waals surface area contributed by atoms with Gasteiger partial charge in [-0.3, -0.25) is 4.79 Å². The average Bonchev–Trinajstić information content (AvgIpc) is 3.02. The molecule has 1 N–H and O–H groups in total. The van der Waals surface area contributed by atoms with Crippen molar-refractivity contribution in [3.05, 3.63) is 63.3 Å². The molecule has 2 aliphatic heterocycles. The van der Waals surface area contributed by atoms with Gasteiger partial charge in [0, 0.05) is 15.6 Å². The van der Waals surface area contributed by atoms with Crippen molar-refractivity contribution in [2.24, 2.45) is 0 Å². The van der Waals surface area contributed by atoms with Crippen LogP contribution in [0.25, 0.3) is 16.7 Å². The summed E-state index contributed by atoms with van der Waals surface area (Å²) in [5, 5.41) is 12.0. The van der Waals surface area contributed by atoms with Crippen molar-refractivity contribution in [2.45, 2.75) is 44.8 Å². The molecule has 1 saturated heterocycles. The van der Waals surface area contributed by atoms with Crippen LogP contribution in [0.4, 0.5) is 0 Å². The molecule has 27 heavy (non-hydrogen) atoms. The molecule has 2 aliphatic rings. The van der Waals surface area contributed by atoms with E-state index in [1.54, 1.807) is 12.1 Å². The Morgan fingerprint density at radius 3 is 2.63 bits per heavy atom. The quantitative estimate of drug-likeness (QED) is 0.683. The lowest BCUT2D eigenvalue weighted by molar-refractivity contribution is -0.130. The zero-order chi connectivity index (χ0) is 19.3. The Bertz CT molecular complexity index is 980. The van der Waals surface area contributed by atoms with Gasteiger partial charge in [-0.2, -0.15) is 0 Å². The van der Waals surface area contributed by atoms with Crippen molar-refractivity contribution >= 4 is 34.6 Å². The number of carbonyl (C=O) groups excluding carboxylic acids is 1. The van der Waals surface area contributed by atoms with Gasteiger partial charge in [0.15, 0.2) is 5.78 Å². The number of fused-ring (bicyclic) bond motifs is 2. The van der Waals surface area contributed by atoms with Crippen molar-refractivity contribution in [3.63, 3.8) is 0 Å². The van der Waals surface area contributed by atoms with E-state index in [0.29, 0.717) is 28.5 Å². The summed E-state index contributed by atoms with van der Waals surface area (Å²) in [5.74, 6) is -0.0809. The third-order valence-corrected chi connectivity index (χ3v) is 6.11. The van der Waals surface area contributed by atoms with Crippen LogP contribution in [0.3, 0.4) is 0 Å². The summed E-state index contributed by atoms with van der Waals surface area (Å²) < 4.78 is 5.77. The molecule has 4 rings (SSSR count). The fourth-order valence-corrected chi connectivity index (χ4v) is 4.54. The van der Waals surface area contributed by atoms with E-state index in [1.165, 1.54) is 0 Å². The maximum absolute atomic E-state index is 12.9. The Kier molecular flexibility index (Phi) is 4.58. The Labute approximate surface area is 168 Å². The molecule has 0 aromatic heterocycles. The third-order valence-electron chi connectivity index (χ3n) is 5.56. The van der Waals surface area contributed by atoms with E-state index >= 15 is 0 Å². The summed E-state index contributed by atoms with van der Waals surface area (Å²) in [7, 11) is 0. The molecule has 1 fully saturated rings. The van der Waals surface area contributed by atoms with Crippen LogP contribution in [-0.2, 0) is 16.0 Å². The summed E-state index contributed by atoms with van der Waals surface area (Å²) in [6.07, 6.45) is 1.55. The standard InChI is InChI=1S/C22H20Cl2O3/c1-3-12-10-13(15-7-5-14(23)11-17(15)24)4-6-16(12)19-20(25)18-8-9-22(2,27-18)21(19)26/h4-7,10-11,18,26H,3,8-9H2,1-2H3/t18-,22+/m0/s1. The van der Waals surface area contributed by atoms with Gasteiger partial charge < -0.3 is 9.84 Å². The Hall–Kier alpha value is -1.81. The molecule has 5 heteroatoms. The van der Waals surface area contributed by atoms with Crippen LogP contribution in [-0.4, -0.2) is 22.6 Å². The van der Waals surface area contributed by atoms with Crippen molar-refractivity contribution in [1.29, 1.82) is 0 Å². The number of hydrogen-bond acceptors (Lipinski definition) is 3. The molecule has 0 saturated carbocycles. The lowest BCUT2D eigenvalue weighted by atomic mass is 9.87. The third kappa shape index (κ3) is 2.98. The minimum atomic E-state index is -0.767. The first kappa shape index (κ1) is 18.5. The first-order valence-electron chi connectivity index (χ1n) is 9.08. The molecule has 0 unspecified atom stereocenters. The predicted molar refractivity (Wildman–Crippen MR) is 108 cm³/mol. The number of aryl methyl sites for hydroxylation is 1. The lowest BCUT2D eigenvalue weighted by Crippen LogP contribution is -2.37. The van der Waals surface area contributed by atoms with Gasteiger partial charge in [-0.05, 0) is 55.0 Å². The van der Waals surface area contributed by atoms with Crippen LogP contribution in [0.2, 0.25) is 10.0 Å². The maximum Gasteiger partial charge on any atom is 0.195 e. The van der Waals surface area contributed by atoms with Gasteiger partial charge in [-0.25, -0.2) is 0 Å². The SMILES string of the molecule is CCc1cc(-c2ccc(Cl)cc2Cl)ccc1C1=C(O)[C@@]2(C)CC[C@H](O2)C1=O. The molecule has 140 valence electrons. The van der Waals surface area contributed by atoms with E-state index in [-0.39, 0.29) is 11.5 Å². The molecule has 2 aromatic carbocycles. The zero-order valence-corrected chi connectivity index (χ0v) is 16.7. The number of Topliss-reactive ketones (excluding diaryl/α,β-unsaturated/α-hetero) is 1. The monoisotopic (exact) mass is 402 g/mol. The van der Waals surface area contributed by atoms with Crippen LogP contribution in [0.1, 0.15) is 37.8 Å². The number of carbonyl (C=O) groups is 1. The Morgan fingerprint density at radius 2 is 1.93 bits per heavy atom. The summed E-state index contributed by atoms with van der Waals surface area (Å²) in [6.45, 7) is 3.88. The number of benzene rings is 2. The first-order valence-corrected chi connectivity index (χ1v) is 9.84. The van der Waals surface area contributed by atoms with Crippen LogP contribution in [0.5, 0.6) is 0 Å². The van der Waals surface area contributed by atoms with Gasteiger partial charge in [0.05, 0.1) is 5.57 Å². The summed E-state index contributed by atoms with van der Waals surface area (Å²) in [6, 6.07) is 11.3. The maximum atomic E-state index is 12.9. The van der Waals surface area contributed by atoms with Gasteiger partial charge in [-0.15, -0.1) is 0 Å². The molecule has 3 nitrogen and oxygen atoms in total. The van der Waals surface area contributed by atoms with E-state index in [0.717, 1.165) is 28.7 Å². The molecule has 2 atom stereocenters. The van der Waals surface area contributed by atoms with Gasteiger partial charge in [0.25, 0.3) is 0 Å². The molecule has 2 aromatic rings. The molecule has 2 bridgehead atoms. The minimum absolute atomic E-state index is 0.0493. The molecular weight excluding hydrogens is 383 g/mol. The number of rotatable bonds is 3. The molecule has 0 amide bonds. The van der Waals surface area contributed by atoms with E-state index in [2.05, 4.69) is 0 Å². The van der Waals surface area contributed by atoms with Crippen LogP contribution >= 0.6 is 23.2 Å². The second kappa shape index (κ2) is 6.66. The smallest absolute Gasteiger partial charge is 0.195 e. The van der Waals surface area contributed by atoms with Crippen molar-refractivity contribution < 1.29 is 14.6 Å². The topological polar surface area (TPSA) is 46.5 Å². The average molecular weight is 403 g/mol.